The molecular weight excluding hydrogens is 310 g/mol. The minimum Gasteiger partial charge on any atom is -0.324 e. The predicted octanol–water partition coefficient (Wildman–Crippen LogP) is 4.75. The molecular formula is C20H17N5. The van der Waals surface area contributed by atoms with Crippen LogP contribution in [0.15, 0.2) is 91.0 Å². The van der Waals surface area contributed by atoms with Crippen molar-refractivity contribution in [1.82, 2.24) is 14.8 Å². The van der Waals surface area contributed by atoms with E-state index < -0.39 is 0 Å². The van der Waals surface area contributed by atoms with Crippen LogP contribution in [-0.2, 0) is 0 Å². The van der Waals surface area contributed by atoms with Crippen LogP contribution in [0.5, 0.6) is 0 Å². The molecule has 0 saturated carbocycles. The summed E-state index contributed by atoms with van der Waals surface area (Å²) in [6, 6.07) is 29.7. The molecule has 0 aliphatic rings. The van der Waals surface area contributed by atoms with Gasteiger partial charge in [-0.25, -0.2) is 0 Å². The fourth-order valence-corrected chi connectivity index (χ4v) is 2.50. The summed E-state index contributed by atoms with van der Waals surface area (Å²) in [5, 5.41) is 11.2. The molecule has 1 heterocycles. The highest BCUT2D eigenvalue weighted by Gasteiger charge is 2.12. The topological polar surface area (TPSA) is 54.8 Å². The summed E-state index contributed by atoms with van der Waals surface area (Å²) in [7, 11) is 0. The number of rotatable bonds is 5. The van der Waals surface area contributed by atoms with Crippen molar-refractivity contribution < 1.29 is 0 Å². The maximum Gasteiger partial charge on any atom is 0.248 e. The van der Waals surface area contributed by atoms with E-state index in [0.717, 1.165) is 17.1 Å². The SMILES string of the molecule is c1ccc(Nc2nc(Nc3ccccc3)n(-c3ccccc3)n2)cc1. The van der Waals surface area contributed by atoms with Crippen molar-refractivity contribution in [3.63, 3.8) is 0 Å². The maximum atomic E-state index is 4.61. The number of nitrogens with zero attached hydrogens (tertiary/aromatic N) is 3. The van der Waals surface area contributed by atoms with Gasteiger partial charge >= 0.3 is 0 Å². The summed E-state index contributed by atoms with van der Waals surface area (Å²) in [6.07, 6.45) is 0. The fourth-order valence-electron chi connectivity index (χ4n) is 2.50. The average Bonchev–Trinajstić information content (AvgIpc) is 3.06. The van der Waals surface area contributed by atoms with Crippen molar-refractivity contribution in [3.05, 3.63) is 91.0 Å². The van der Waals surface area contributed by atoms with Crippen molar-refractivity contribution in [2.75, 3.05) is 10.6 Å². The summed E-state index contributed by atoms with van der Waals surface area (Å²) in [4.78, 5) is 4.61. The van der Waals surface area contributed by atoms with Gasteiger partial charge in [0.1, 0.15) is 0 Å². The molecule has 0 unspecified atom stereocenters. The zero-order valence-electron chi connectivity index (χ0n) is 13.5. The largest absolute Gasteiger partial charge is 0.324 e. The zero-order valence-corrected chi connectivity index (χ0v) is 13.5. The van der Waals surface area contributed by atoms with E-state index in [1.807, 2.05) is 91.0 Å². The van der Waals surface area contributed by atoms with E-state index in [2.05, 4.69) is 20.7 Å². The second-order valence-electron chi connectivity index (χ2n) is 5.49. The number of hydrogen-bond donors (Lipinski definition) is 2. The molecule has 0 bridgehead atoms. The van der Waals surface area contributed by atoms with Gasteiger partial charge < -0.3 is 10.6 Å². The molecule has 0 fully saturated rings. The third-order valence-corrected chi connectivity index (χ3v) is 3.67. The van der Waals surface area contributed by atoms with Gasteiger partial charge in [-0.05, 0) is 36.4 Å². The highest BCUT2D eigenvalue weighted by molar-refractivity contribution is 5.59. The standard InChI is InChI=1S/C20H17N5/c1-4-10-16(11-5-1)21-19-23-20(22-17-12-6-2-7-13-17)25(24-19)18-14-8-3-9-15-18/h1-15H,(H2,21,22,23,24). The van der Waals surface area contributed by atoms with Gasteiger partial charge in [0, 0.05) is 11.4 Å². The molecule has 0 aliphatic heterocycles. The number of nitrogens with one attached hydrogen (secondary N) is 2. The van der Waals surface area contributed by atoms with Gasteiger partial charge in [0.2, 0.25) is 11.9 Å². The second-order valence-corrected chi connectivity index (χ2v) is 5.49. The van der Waals surface area contributed by atoms with Crippen molar-refractivity contribution in [3.8, 4) is 5.69 Å². The summed E-state index contributed by atoms with van der Waals surface area (Å²) in [5.41, 5.74) is 2.84. The molecule has 0 saturated heterocycles. The Morgan fingerprint density at radius 3 is 1.72 bits per heavy atom. The van der Waals surface area contributed by atoms with E-state index in [0.29, 0.717) is 11.9 Å². The molecule has 3 aromatic carbocycles. The molecule has 5 heteroatoms. The zero-order chi connectivity index (χ0) is 16.9. The number of anilines is 4. The minimum atomic E-state index is 0.536. The lowest BCUT2D eigenvalue weighted by Gasteiger charge is -2.07. The van der Waals surface area contributed by atoms with Crippen LogP contribution in [0, 0.1) is 0 Å². The molecule has 25 heavy (non-hydrogen) atoms. The Labute approximate surface area is 146 Å². The number of benzene rings is 3. The quantitative estimate of drug-likeness (QED) is 0.555. The lowest BCUT2D eigenvalue weighted by atomic mass is 10.3. The Morgan fingerprint density at radius 1 is 0.600 bits per heavy atom. The smallest absolute Gasteiger partial charge is 0.248 e. The monoisotopic (exact) mass is 327 g/mol. The maximum absolute atomic E-state index is 4.61. The Hall–Kier alpha value is -3.60. The first-order valence-electron chi connectivity index (χ1n) is 8.05. The van der Waals surface area contributed by atoms with Crippen LogP contribution < -0.4 is 10.6 Å². The Bertz CT molecular complexity index is 934. The normalized spacial score (nSPS) is 10.4. The highest BCUT2D eigenvalue weighted by atomic mass is 15.4. The lowest BCUT2D eigenvalue weighted by molar-refractivity contribution is 0.890. The summed E-state index contributed by atoms with van der Waals surface area (Å²) >= 11 is 0. The van der Waals surface area contributed by atoms with Crippen LogP contribution in [0.25, 0.3) is 5.69 Å². The summed E-state index contributed by atoms with van der Waals surface area (Å²) in [6.45, 7) is 0. The molecule has 5 nitrogen and oxygen atoms in total. The van der Waals surface area contributed by atoms with Gasteiger partial charge in [-0.15, -0.1) is 5.10 Å². The van der Waals surface area contributed by atoms with E-state index in [9.17, 15) is 0 Å². The van der Waals surface area contributed by atoms with Crippen molar-refractivity contribution >= 4 is 23.3 Å². The molecule has 0 atom stereocenters. The van der Waals surface area contributed by atoms with E-state index >= 15 is 0 Å². The molecule has 4 aromatic rings. The van der Waals surface area contributed by atoms with Crippen molar-refractivity contribution in [1.29, 1.82) is 0 Å². The van der Waals surface area contributed by atoms with Gasteiger partial charge in [0.05, 0.1) is 5.69 Å². The molecule has 1 aromatic heterocycles. The molecule has 0 aliphatic carbocycles. The molecule has 0 radical (unpaired) electrons. The van der Waals surface area contributed by atoms with E-state index in [1.54, 1.807) is 4.68 Å². The van der Waals surface area contributed by atoms with Crippen molar-refractivity contribution in [2.45, 2.75) is 0 Å². The Balaban J connectivity index is 1.70. The molecule has 122 valence electrons. The van der Waals surface area contributed by atoms with E-state index in [4.69, 9.17) is 0 Å². The summed E-state index contributed by atoms with van der Waals surface area (Å²) < 4.78 is 1.79. The van der Waals surface area contributed by atoms with Gasteiger partial charge in [-0.1, -0.05) is 54.6 Å². The number of hydrogen-bond acceptors (Lipinski definition) is 4. The Kier molecular flexibility index (Phi) is 4.12. The molecule has 0 amide bonds. The van der Waals surface area contributed by atoms with E-state index in [1.165, 1.54) is 0 Å². The van der Waals surface area contributed by atoms with Gasteiger partial charge in [0.15, 0.2) is 0 Å². The van der Waals surface area contributed by atoms with Crippen LogP contribution in [0.1, 0.15) is 0 Å². The van der Waals surface area contributed by atoms with E-state index in [-0.39, 0.29) is 0 Å². The van der Waals surface area contributed by atoms with Crippen LogP contribution in [0.4, 0.5) is 23.3 Å². The first kappa shape index (κ1) is 15.0. The highest BCUT2D eigenvalue weighted by Crippen LogP contribution is 2.22. The molecule has 4 rings (SSSR count). The minimum absolute atomic E-state index is 0.536. The van der Waals surface area contributed by atoms with Crippen LogP contribution in [0.3, 0.4) is 0 Å². The van der Waals surface area contributed by atoms with Crippen LogP contribution >= 0.6 is 0 Å². The van der Waals surface area contributed by atoms with Crippen LogP contribution in [0.2, 0.25) is 0 Å². The summed E-state index contributed by atoms with van der Waals surface area (Å²) in [5.74, 6) is 1.18. The second kappa shape index (κ2) is 6.88. The number of aromatic nitrogens is 3. The van der Waals surface area contributed by atoms with Gasteiger partial charge in [-0.3, -0.25) is 0 Å². The molecule has 0 spiro atoms. The third kappa shape index (κ3) is 3.50. The Morgan fingerprint density at radius 2 is 1.12 bits per heavy atom. The van der Waals surface area contributed by atoms with Crippen LogP contribution in [-0.4, -0.2) is 14.8 Å². The predicted molar refractivity (Wildman–Crippen MR) is 101 cm³/mol. The molecule has 2 N–H and O–H groups in total. The van der Waals surface area contributed by atoms with Gasteiger partial charge in [-0.2, -0.15) is 9.67 Å². The third-order valence-electron chi connectivity index (χ3n) is 3.67. The first-order chi connectivity index (χ1) is 12.4. The van der Waals surface area contributed by atoms with Crippen molar-refractivity contribution in [2.24, 2.45) is 0 Å². The lowest BCUT2D eigenvalue weighted by Crippen LogP contribution is -2.03. The first-order valence-corrected chi connectivity index (χ1v) is 8.05. The fraction of sp³-hybridized carbons (Fsp3) is 0. The van der Waals surface area contributed by atoms with Gasteiger partial charge in [0.25, 0.3) is 0 Å². The number of para-hydroxylation sites is 3. The average molecular weight is 327 g/mol.